The Labute approximate surface area is 82.8 Å². The third kappa shape index (κ3) is 2.89. The second-order valence-electron chi connectivity index (χ2n) is 2.65. The van der Waals surface area contributed by atoms with Gasteiger partial charge < -0.3 is 0 Å². The van der Waals surface area contributed by atoms with Gasteiger partial charge in [-0.3, -0.25) is 0 Å². The van der Waals surface area contributed by atoms with E-state index < -0.39 is 0 Å². The van der Waals surface area contributed by atoms with Gasteiger partial charge in [0.1, 0.15) is 0 Å². The van der Waals surface area contributed by atoms with Crippen LogP contribution >= 0.6 is 0 Å². The number of hydrogen-bond donors (Lipinski definition) is 0. The van der Waals surface area contributed by atoms with Crippen molar-refractivity contribution in [3.63, 3.8) is 0 Å². The van der Waals surface area contributed by atoms with Crippen molar-refractivity contribution < 1.29 is 0 Å². The molecule has 60 valence electrons. The van der Waals surface area contributed by atoms with Crippen molar-refractivity contribution >= 4 is 44.9 Å². The van der Waals surface area contributed by atoms with Gasteiger partial charge in [0.2, 0.25) is 0 Å². The molecule has 3 heteroatoms. The van der Waals surface area contributed by atoms with Crippen LogP contribution < -0.4 is 0 Å². The molecule has 0 bridgehead atoms. The standard InChI is InChI=1S/C7H14Se3/c1-5-4-6(2)10-7(8-3)9-5/h5-7H,4H2,1-3H3/t5-,6+,7?. The predicted molar refractivity (Wildman–Crippen MR) is 50.3 cm³/mol. The Morgan fingerprint density at radius 1 is 1.20 bits per heavy atom. The molecule has 0 aromatic carbocycles. The van der Waals surface area contributed by atoms with Crippen LogP contribution in [0.4, 0.5) is 0 Å². The molecule has 0 aliphatic carbocycles. The maximum absolute atomic E-state index is 2.45. The zero-order chi connectivity index (χ0) is 7.56. The summed E-state index contributed by atoms with van der Waals surface area (Å²) in [5.41, 5.74) is 0. The normalized spacial score (nSPS) is 41.7. The molecule has 0 nitrogen and oxygen atoms in total. The van der Waals surface area contributed by atoms with E-state index in [0.29, 0.717) is 0 Å². The van der Waals surface area contributed by atoms with Crippen LogP contribution in [0.1, 0.15) is 20.3 Å². The first-order valence-electron chi connectivity index (χ1n) is 3.56. The van der Waals surface area contributed by atoms with Crippen molar-refractivity contribution in [3.8, 4) is 0 Å². The van der Waals surface area contributed by atoms with Gasteiger partial charge in [-0.25, -0.2) is 0 Å². The van der Waals surface area contributed by atoms with E-state index in [1.807, 2.05) is 0 Å². The van der Waals surface area contributed by atoms with Crippen LogP contribution in [0.3, 0.4) is 0 Å². The van der Waals surface area contributed by atoms with Crippen molar-refractivity contribution in [1.29, 1.82) is 0 Å². The summed E-state index contributed by atoms with van der Waals surface area (Å²) in [4.78, 5) is 2.18. The van der Waals surface area contributed by atoms with Crippen molar-refractivity contribution in [3.05, 3.63) is 0 Å². The Bertz CT molecular complexity index is 95.0. The van der Waals surface area contributed by atoms with Gasteiger partial charge in [0.15, 0.2) is 0 Å². The maximum atomic E-state index is 2.45. The van der Waals surface area contributed by atoms with Gasteiger partial charge in [-0.2, -0.15) is 0 Å². The Morgan fingerprint density at radius 2 is 1.70 bits per heavy atom. The van der Waals surface area contributed by atoms with Crippen molar-refractivity contribution in [2.24, 2.45) is 0 Å². The first-order chi connectivity index (χ1) is 4.72. The van der Waals surface area contributed by atoms with E-state index in [9.17, 15) is 0 Å². The Morgan fingerprint density at radius 3 is 2.10 bits per heavy atom. The molecule has 1 unspecified atom stereocenters. The predicted octanol–water partition coefficient (Wildman–Crippen LogP) is 1.87. The molecule has 10 heavy (non-hydrogen) atoms. The van der Waals surface area contributed by atoms with Gasteiger partial charge in [-0.05, 0) is 0 Å². The fourth-order valence-electron chi connectivity index (χ4n) is 1.10. The molecule has 3 atom stereocenters. The summed E-state index contributed by atoms with van der Waals surface area (Å²) in [6.45, 7) is 4.90. The van der Waals surface area contributed by atoms with Crippen LogP contribution in [0.2, 0.25) is 18.1 Å². The number of rotatable bonds is 1. The molecule has 1 aliphatic heterocycles. The Balaban J connectivity index is 2.35. The molecule has 1 fully saturated rings. The van der Waals surface area contributed by atoms with Crippen molar-refractivity contribution in [2.45, 2.75) is 38.3 Å². The van der Waals surface area contributed by atoms with Crippen LogP contribution in [0.25, 0.3) is 0 Å². The molecule has 1 saturated heterocycles. The van der Waals surface area contributed by atoms with Crippen LogP contribution in [0.15, 0.2) is 0 Å². The summed E-state index contributed by atoms with van der Waals surface area (Å²) in [5, 5.41) is 0. The van der Waals surface area contributed by atoms with Gasteiger partial charge in [-0.1, -0.05) is 0 Å². The van der Waals surface area contributed by atoms with Crippen molar-refractivity contribution in [1.82, 2.24) is 0 Å². The SMILES string of the molecule is C[Se]C1[Se][C@H](C)C[C@H](C)[Se]1. The second kappa shape index (κ2) is 4.55. The quantitative estimate of drug-likeness (QED) is 0.642. The first-order valence-corrected chi connectivity index (χ1v) is 10.2. The number of hydrogen-bond acceptors (Lipinski definition) is 0. The average Bonchev–Trinajstić information content (AvgIpc) is 1.85. The minimum atomic E-state index is 0.961. The summed E-state index contributed by atoms with van der Waals surface area (Å²) in [6, 6.07) is 0. The summed E-state index contributed by atoms with van der Waals surface area (Å²) < 4.78 is 1.23. The fourth-order valence-corrected chi connectivity index (χ4v) is 17.0. The fraction of sp³-hybridized carbons (Fsp3) is 1.00. The molecule has 0 saturated carbocycles. The van der Waals surface area contributed by atoms with E-state index in [2.05, 4.69) is 19.7 Å². The molecule has 1 heterocycles. The van der Waals surface area contributed by atoms with Gasteiger partial charge in [0.05, 0.1) is 0 Å². The molecule has 1 aliphatic rings. The molecular weight excluding hydrogens is 321 g/mol. The van der Waals surface area contributed by atoms with Gasteiger partial charge in [0, 0.05) is 0 Å². The molecule has 0 aromatic rings. The van der Waals surface area contributed by atoms with E-state index in [1.54, 1.807) is 0 Å². The monoisotopic (exact) mass is 338 g/mol. The zero-order valence-electron chi connectivity index (χ0n) is 6.66. The molecule has 0 aromatic heterocycles. The molecule has 0 N–H and O–H groups in total. The van der Waals surface area contributed by atoms with E-state index in [0.717, 1.165) is 54.5 Å². The van der Waals surface area contributed by atoms with Gasteiger partial charge in [0.25, 0.3) is 0 Å². The summed E-state index contributed by atoms with van der Waals surface area (Å²) in [5.74, 6) is 2.42. The average molecular weight is 335 g/mol. The van der Waals surface area contributed by atoms with Crippen LogP contribution in [0.5, 0.6) is 0 Å². The minimum absolute atomic E-state index is 0.961. The van der Waals surface area contributed by atoms with Crippen LogP contribution in [-0.4, -0.2) is 44.9 Å². The van der Waals surface area contributed by atoms with Gasteiger partial charge in [-0.15, -0.1) is 0 Å². The molecule has 0 amide bonds. The Hall–Kier alpha value is 1.56. The zero-order valence-corrected chi connectivity index (χ0v) is 11.8. The van der Waals surface area contributed by atoms with E-state index in [1.165, 1.54) is 9.03 Å². The molecule has 0 spiro atoms. The summed E-state index contributed by atoms with van der Waals surface area (Å²) in [7, 11) is 0. The van der Waals surface area contributed by atoms with Gasteiger partial charge >= 0.3 is 83.2 Å². The topological polar surface area (TPSA) is 0 Å². The van der Waals surface area contributed by atoms with E-state index in [4.69, 9.17) is 0 Å². The Kier molecular flexibility index (Phi) is 4.39. The summed E-state index contributed by atoms with van der Waals surface area (Å²) >= 11 is 2.99. The van der Waals surface area contributed by atoms with E-state index >= 15 is 0 Å². The van der Waals surface area contributed by atoms with E-state index in [-0.39, 0.29) is 0 Å². The first kappa shape index (κ1) is 9.64. The second-order valence-corrected chi connectivity index (χ2v) is 15.7. The molecule has 0 radical (unpaired) electrons. The molecular formula is C7H14Se3. The van der Waals surface area contributed by atoms with Crippen LogP contribution in [0, 0.1) is 0 Å². The third-order valence-electron chi connectivity index (χ3n) is 1.54. The van der Waals surface area contributed by atoms with Crippen molar-refractivity contribution in [2.75, 3.05) is 0 Å². The summed E-state index contributed by atoms with van der Waals surface area (Å²) in [6.07, 6.45) is 1.53. The van der Waals surface area contributed by atoms with Crippen LogP contribution in [-0.2, 0) is 0 Å². The molecule has 1 rings (SSSR count). The third-order valence-corrected chi connectivity index (χ3v) is 15.1.